The predicted octanol–water partition coefficient (Wildman–Crippen LogP) is 3.44. The van der Waals surface area contributed by atoms with Gasteiger partial charge < -0.3 is 10.2 Å². The third kappa shape index (κ3) is 3.35. The minimum atomic E-state index is -0.0401. The van der Waals surface area contributed by atoms with Crippen LogP contribution in [0.1, 0.15) is 13.8 Å². The van der Waals surface area contributed by atoms with Crippen molar-refractivity contribution in [3.63, 3.8) is 0 Å². The first-order valence-corrected chi connectivity index (χ1v) is 6.63. The van der Waals surface area contributed by atoms with Gasteiger partial charge in [-0.1, -0.05) is 32.0 Å². The summed E-state index contributed by atoms with van der Waals surface area (Å²) in [6.45, 7) is 3.72. The summed E-state index contributed by atoms with van der Waals surface area (Å²) in [4.78, 5) is 18.0. The number of hydrogen-bond acceptors (Lipinski definition) is 3. The molecule has 0 saturated heterocycles. The van der Waals surface area contributed by atoms with Crippen molar-refractivity contribution < 1.29 is 4.79 Å². The van der Waals surface area contributed by atoms with Gasteiger partial charge in [-0.25, -0.2) is 4.98 Å². The van der Waals surface area contributed by atoms with E-state index < -0.39 is 0 Å². The summed E-state index contributed by atoms with van der Waals surface area (Å²) in [6.07, 6.45) is 1.68. The number of pyridine rings is 1. The second-order valence-electron chi connectivity index (χ2n) is 4.94. The van der Waals surface area contributed by atoms with Gasteiger partial charge in [-0.3, -0.25) is 4.79 Å². The zero-order valence-corrected chi connectivity index (χ0v) is 12.0. The molecule has 0 aliphatic heterocycles. The Morgan fingerprint density at radius 3 is 2.40 bits per heavy atom. The Kier molecular flexibility index (Phi) is 4.35. The van der Waals surface area contributed by atoms with Crippen molar-refractivity contribution >= 4 is 23.1 Å². The maximum Gasteiger partial charge on any atom is 0.226 e. The molecule has 20 heavy (non-hydrogen) atoms. The number of hydrogen-bond donors (Lipinski definition) is 1. The molecule has 1 aromatic heterocycles. The van der Waals surface area contributed by atoms with Crippen molar-refractivity contribution in [3.8, 4) is 0 Å². The maximum atomic E-state index is 11.6. The highest BCUT2D eigenvalue weighted by Gasteiger charge is 2.08. The van der Waals surface area contributed by atoms with Crippen LogP contribution in [0.25, 0.3) is 0 Å². The maximum absolute atomic E-state index is 11.6. The van der Waals surface area contributed by atoms with Gasteiger partial charge in [0.15, 0.2) is 0 Å². The first kappa shape index (κ1) is 14.1. The molecule has 0 spiro atoms. The summed E-state index contributed by atoms with van der Waals surface area (Å²) < 4.78 is 0. The molecule has 4 nitrogen and oxygen atoms in total. The van der Waals surface area contributed by atoms with Crippen LogP contribution in [-0.4, -0.2) is 17.9 Å². The Balaban J connectivity index is 2.10. The number of para-hydroxylation sites is 1. The minimum Gasteiger partial charge on any atom is -0.329 e. The van der Waals surface area contributed by atoms with E-state index in [-0.39, 0.29) is 11.8 Å². The smallest absolute Gasteiger partial charge is 0.226 e. The van der Waals surface area contributed by atoms with Gasteiger partial charge >= 0.3 is 0 Å². The lowest BCUT2D eigenvalue weighted by molar-refractivity contribution is -0.118. The van der Waals surface area contributed by atoms with Crippen LogP contribution >= 0.6 is 0 Å². The normalized spacial score (nSPS) is 10.4. The van der Waals surface area contributed by atoms with Crippen LogP contribution in [0.3, 0.4) is 0 Å². The third-order valence-corrected chi connectivity index (χ3v) is 3.03. The number of nitrogens with zero attached hydrogens (tertiary/aromatic N) is 2. The summed E-state index contributed by atoms with van der Waals surface area (Å²) in [6, 6.07) is 13.8. The molecule has 104 valence electrons. The summed E-state index contributed by atoms with van der Waals surface area (Å²) in [7, 11) is 1.96. The molecule has 2 rings (SSSR count). The lowest BCUT2D eigenvalue weighted by Gasteiger charge is -2.18. The van der Waals surface area contributed by atoms with Gasteiger partial charge in [0.2, 0.25) is 5.91 Å². The van der Waals surface area contributed by atoms with Crippen molar-refractivity contribution in [3.05, 3.63) is 48.7 Å². The summed E-state index contributed by atoms with van der Waals surface area (Å²) in [5.74, 6) is 0.788. The largest absolute Gasteiger partial charge is 0.329 e. The van der Waals surface area contributed by atoms with E-state index >= 15 is 0 Å². The van der Waals surface area contributed by atoms with Gasteiger partial charge in [-0.05, 0) is 24.3 Å². The number of carbonyl (C=O) groups excluding carboxylic acids is 1. The molecule has 0 saturated carbocycles. The van der Waals surface area contributed by atoms with Crippen molar-refractivity contribution in [2.75, 3.05) is 17.3 Å². The van der Waals surface area contributed by atoms with Gasteiger partial charge in [0, 0.05) is 18.7 Å². The molecule has 0 aliphatic rings. The number of anilines is 3. The van der Waals surface area contributed by atoms with Crippen molar-refractivity contribution in [1.29, 1.82) is 0 Å². The predicted molar refractivity (Wildman–Crippen MR) is 82.2 cm³/mol. The molecule has 0 aliphatic carbocycles. The molecule has 4 heteroatoms. The van der Waals surface area contributed by atoms with Gasteiger partial charge in [0.25, 0.3) is 0 Å². The first-order chi connectivity index (χ1) is 9.58. The zero-order chi connectivity index (χ0) is 14.5. The Labute approximate surface area is 119 Å². The highest BCUT2D eigenvalue weighted by atomic mass is 16.1. The van der Waals surface area contributed by atoms with Gasteiger partial charge in [-0.2, -0.15) is 0 Å². The van der Waals surface area contributed by atoms with Crippen LogP contribution in [0.2, 0.25) is 0 Å². The molecule has 1 amide bonds. The van der Waals surface area contributed by atoms with E-state index in [9.17, 15) is 4.79 Å². The quantitative estimate of drug-likeness (QED) is 0.924. The highest BCUT2D eigenvalue weighted by Crippen LogP contribution is 2.22. The van der Waals surface area contributed by atoms with Gasteiger partial charge in [0.05, 0.1) is 11.9 Å². The van der Waals surface area contributed by atoms with E-state index in [4.69, 9.17) is 0 Å². The monoisotopic (exact) mass is 269 g/mol. The van der Waals surface area contributed by atoms with Crippen LogP contribution in [0.4, 0.5) is 17.2 Å². The van der Waals surface area contributed by atoms with E-state index in [0.717, 1.165) is 11.5 Å². The lowest BCUT2D eigenvalue weighted by atomic mass is 10.2. The molecule has 1 N–H and O–H groups in total. The van der Waals surface area contributed by atoms with Crippen LogP contribution in [-0.2, 0) is 4.79 Å². The third-order valence-electron chi connectivity index (χ3n) is 3.03. The van der Waals surface area contributed by atoms with E-state index in [1.54, 1.807) is 6.20 Å². The van der Waals surface area contributed by atoms with Gasteiger partial charge in [-0.15, -0.1) is 0 Å². The lowest BCUT2D eigenvalue weighted by Crippen LogP contribution is -2.18. The zero-order valence-electron chi connectivity index (χ0n) is 12.0. The Hall–Kier alpha value is -2.36. The average molecular weight is 269 g/mol. The minimum absolute atomic E-state index is 0.00374. The Morgan fingerprint density at radius 1 is 1.15 bits per heavy atom. The molecule has 0 bridgehead atoms. The summed E-state index contributed by atoms with van der Waals surface area (Å²) in [5, 5.41) is 2.83. The number of nitrogens with one attached hydrogen (secondary N) is 1. The number of aromatic nitrogens is 1. The number of amides is 1. The fourth-order valence-electron chi connectivity index (χ4n) is 1.73. The Morgan fingerprint density at radius 2 is 1.85 bits per heavy atom. The topological polar surface area (TPSA) is 45.2 Å². The molecule has 0 radical (unpaired) electrons. The van der Waals surface area contributed by atoms with Crippen LogP contribution in [0.5, 0.6) is 0 Å². The fraction of sp³-hybridized carbons (Fsp3) is 0.250. The van der Waals surface area contributed by atoms with E-state index in [1.807, 2.05) is 68.3 Å². The molecular weight excluding hydrogens is 250 g/mol. The SMILES string of the molecule is CC(C)C(=O)Nc1ccc(N(C)c2ccccc2)nc1. The van der Waals surface area contributed by atoms with E-state index in [1.165, 1.54) is 0 Å². The van der Waals surface area contributed by atoms with Crippen LogP contribution < -0.4 is 10.2 Å². The molecule has 1 aromatic carbocycles. The average Bonchev–Trinajstić information content (AvgIpc) is 2.48. The van der Waals surface area contributed by atoms with Crippen LogP contribution in [0.15, 0.2) is 48.7 Å². The first-order valence-electron chi connectivity index (χ1n) is 6.63. The number of carbonyl (C=O) groups is 1. The summed E-state index contributed by atoms with van der Waals surface area (Å²) in [5.41, 5.74) is 1.79. The van der Waals surface area contributed by atoms with E-state index in [0.29, 0.717) is 5.69 Å². The Bertz CT molecular complexity index is 564. The fourth-order valence-corrected chi connectivity index (χ4v) is 1.73. The van der Waals surface area contributed by atoms with Crippen molar-refractivity contribution in [1.82, 2.24) is 4.98 Å². The molecule has 2 aromatic rings. The molecule has 0 unspecified atom stereocenters. The van der Waals surface area contributed by atoms with Crippen molar-refractivity contribution in [2.45, 2.75) is 13.8 Å². The highest BCUT2D eigenvalue weighted by molar-refractivity contribution is 5.91. The molecular formula is C16H19N3O. The second-order valence-corrected chi connectivity index (χ2v) is 4.94. The van der Waals surface area contributed by atoms with Crippen LogP contribution in [0, 0.1) is 5.92 Å². The van der Waals surface area contributed by atoms with E-state index in [2.05, 4.69) is 10.3 Å². The van der Waals surface area contributed by atoms with Crippen molar-refractivity contribution in [2.24, 2.45) is 5.92 Å². The molecule has 0 fully saturated rings. The molecule has 1 heterocycles. The standard InChI is InChI=1S/C16H19N3O/c1-12(2)16(20)18-13-9-10-15(17-11-13)19(3)14-7-5-4-6-8-14/h4-12H,1-3H3,(H,18,20). The summed E-state index contributed by atoms with van der Waals surface area (Å²) >= 11 is 0. The van der Waals surface area contributed by atoms with Gasteiger partial charge in [0.1, 0.15) is 5.82 Å². The number of benzene rings is 1. The molecule has 0 atom stereocenters. The second kappa shape index (κ2) is 6.19. The number of rotatable bonds is 4.